The molecule has 1 aliphatic rings. The minimum atomic E-state index is -5.20. The van der Waals surface area contributed by atoms with Gasteiger partial charge in [0, 0.05) is 5.92 Å². The van der Waals surface area contributed by atoms with E-state index in [4.69, 9.17) is 4.74 Å². The predicted octanol–water partition coefficient (Wildman–Crippen LogP) is 5.78. The van der Waals surface area contributed by atoms with Crippen molar-refractivity contribution in [2.24, 2.45) is 0 Å². The molecule has 0 saturated carbocycles. The van der Waals surface area contributed by atoms with Gasteiger partial charge in [0.1, 0.15) is 23.7 Å². The third kappa shape index (κ3) is 4.45. The van der Waals surface area contributed by atoms with Gasteiger partial charge in [-0.1, -0.05) is 48.5 Å². The lowest BCUT2D eigenvalue weighted by molar-refractivity contribution is -0.274. The zero-order valence-electron chi connectivity index (χ0n) is 16.7. The van der Waals surface area contributed by atoms with Crippen LogP contribution in [0.15, 0.2) is 60.7 Å². The number of alkyl halides is 3. The molecule has 6 nitrogen and oxygen atoms in total. The van der Waals surface area contributed by atoms with Crippen molar-refractivity contribution in [3.8, 4) is 16.9 Å². The molecule has 170 valence electrons. The van der Waals surface area contributed by atoms with Crippen LogP contribution >= 0.6 is 0 Å². The molecule has 1 amide bonds. The van der Waals surface area contributed by atoms with E-state index in [1.54, 1.807) is 0 Å². The number of aromatic carboxylic acids is 1. The van der Waals surface area contributed by atoms with Crippen LogP contribution in [-0.4, -0.2) is 30.1 Å². The number of halogens is 4. The highest BCUT2D eigenvalue weighted by molar-refractivity contribution is 6.01. The molecule has 10 heteroatoms. The van der Waals surface area contributed by atoms with Crippen LogP contribution in [0.25, 0.3) is 11.1 Å². The topological polar surface area (TPSA) is 84.9 Å². The minimum absolute atomic E-state index is 0.187. The molecule has 0 heterocycles. The lowest BCUT2D eigenvalue weighted by Gasteiger charge is -2.18. The molecule has 3 aromatic rings. The van der Waals surface area contributed by atoms with Crippen LogP contribution in [0.3, 0.4) is 0 Å². The van der Waals surface area contributed by atoms with E-state index >= 15 is 0 Å². The van der Waals surface area contributed by atoms with Gasteiger partial charge in [-0.2, -0.15) is 0 Å². The van der Waals surface area contributed by atoms with E-state index in [9.17, 15) is 32.3 Å². The first-order valence-corrected chi connectivity index (χ1v) is 9.59. The minimum Gasteiger partial charge on any atom is -0.478 e. The first-order valence-electron chi connectivity index (χ1n) is 9.59. The number of carbonyl (C=O) groups excluding carboxylic acids is 1. The number of nitrogens with one attached hydrogen (secondary N) is 1. The predicted molar refractivity (Wildman–Crippen MR) is 109 cm³/mol. The summed E-state index contributed by atoms with van der Waals surface area (Å²) in [7, 11) is 0. The first kappa shape index (κ1) is 22.1. The number of carboxylic acids is 1. The van der Waals surface area contributed by atoms with Crippen molar-refractivity contribution in [1.29, 1.82) is 0 Å². The maximum absolute atomic E-state index is 14.0. The van der Waals surface area contributed by atoms with Gasteiger partial charge in [-0.25, -0.2) is 14.0 Å². The fourth-order valence-corrected chi connectivity index (χ4v) is 3.84. The molecular formula is C23H15F4NO5. The van der Waals surface area contributed by atoms with Gasteiger partial charge in [-0.05, 0) is 34.4 Å². The number of carboxylic acid groups (broad SMARTS) is 1. The lowest BCUT2D eigenvalue weighted by atomic mass is 9.98. The van der Waals surface area contributed by atoms with Crippen molar-refractivity contribution < 1.29 is 41.7 Å². The zero-order chi connectivity index (χ0) is 23.8. The van der Waals surface area contributed by atoms with Crippen molar-refractivity contribution in [3.63, 3.8) is 0 Å². The van der Waals surface area contributed by atoms with Crippen molar-refractivity contribution in [1.82, 2.24) is 0 Å². The van der Waals surface area contributed by atoms with Gasteiger partial charge in [0.25, 0.3) is 0 Å². The number of ether oxygens (including phenoxy) is 2. The van der Waals surface area contributed by atoms with Crippen LogP contribution in [0.1, 0.15) is 27.4 Å². The Hall–Kier alpha value is -4.08. The summed E-state index contributed by atoms with van der Waals surface area (Å²) in [6.07, 6.45) is -6.47. The molecule has 0 bridgehead atoms. The molecule has 0 spiro atoms. The van der Waals surface area contributed by atoms with Gasteiger partial charge >= 0.3 is 18.4 Å². The Kier molecular flexibility index (Phi) is 5.67. The van der Waals surface area contributed by atoms with Crippen LogP contribution in [0.4, 0.5) is 28.0 Å². The van der Waals surface area contributed by atoms with Crippen molar-refractivity contribution in [2.45, 2.75) is 12.3 Å². The molecule has 0 radical (unpaired) electrons. The summed E-state index contributed by atoms with van der Waals surface area (Å²) in [5, 5.41) is 11.1. The van der Waals surface area contributed by atoms with Gasteiger partial charge in [0.15, 0.2) is 5.75 Å². The number of carbonyl (C=O) groups is 2. The lowest BCUT2D eigenvalue weighted by Crippen LogP contribution is -2.23. The Morgan fingerprint density at radius 2 is 1.52 bits per heavy atom. The molecule has 1 aliphatic carbocycles. The molecule has 0 saturated heterocycles. The number of hydrogen-bond acceptors (Lipinski definition) is 4. The van der Waals surface area contributed by atoms with E-state index in [1.807, 2.05) is 53.8 Å². The maximum atomic E-state index is 14.0. The second-order valence-corrected chi connectivity index (χ2v) is 7.10. The molecule has 3 aromatic carbocycles. The molecular weight excluding hydrogens is 446 g/mol. The molecule has 0 fully saturated rings. The number of rotatable bonds is 5. The van der Waals surface area contributed by atoms with Gasteiger partial charge in [-0.15, -0.1) is 13.2 Å². The van der Waals surface area contributed by atoms with E-state index < -0.39 is 41.2 Å². The summed E-state index contributed by atoms with van der Waals surface area (Å²) in [6, 6.07) is 16.0. The number of anilines is 1. The number of hydrogen-bond donors (Lipinski definition) is 2. The Morgan fingerprint density at radius 3 is 2.06 bits per heavy atom. The van der Waals surface area contributed by atoms with Gasteiger partial charge in [-0.3, -0.25) is 5.32 Å². The summed E-state index contributed by atoms with van der Waals surface area (Å²) < 4.78 is 61.1. The fraction of sp³-hybridized carbons (Fsp3) is 0.130. The second kappa shape index (κ2) is 8.45. The first-order chi connectivity index (χ1) is 15.7. The average Bonchev–Trinajstić information content (AvgIpc) is 3.07. The summed E-state index contributed by atoms with van der Waals surface area (Å²) in [4.78, 5) is 23.8. The molecule has 2 N–H and O–H groups in total. The van der Waals surface area contributed by atoms with E-state index in [2.05, 4.69) is 4.74 Å². The monoisotopic (exact) mass is 461 g/mol. The van der Waals surface area contributed by atoms with Crippen molar-refractivity contribution in [3.05, 3.63) is 83.2 Å². The van der Waals surface area contributed by atoms with Crippen LogP contribution < -0.4 is 10.1 Å². The molecule has 33 heavy (non-hydrogen) atoms. The summed E-state index contributed by atoms with van der Waals surface area (Å²) >= 11 is 0. The Morgan fingerprint density at radius 1 is 0.939 bits per heavy atom. The van der Waals surface area contributed by atoms with Crippen LogP contribution in [0.2, 0.25) is 0 Å². The molecule has 0 atom stereocenters. The highest BCUT2D eigenvalue weighted by atomic mass is 19.4. The van der Waals surface area contributed by atoms with Gasteiger partial charge < -0.3 is 14.6 Å². The van der Waals surface area contributed by atoms with E-state index in [-0.39, 0.29) is 12.5 Å². The van der Waals surface area contributed by atoms with E-state index in [1.165, 1.54) is 0 Å². The highest BCUT2D eigenvalue weighted by Crippen LogP contribution is 2.44. The SMILES string of the molecule is O=C(Nc1c(OC(F)(F)F)ccc(F)c1C(=O)O)OCC1c2ccccc2-c2ccccc21. The zero-order valence-corrected chi connectivity index (χ0v) is 16.7. The standard InChI is InChI=1S/C23H15F4NO5/c24-17-9-10-18(33-23(25,26)27)20(19(17)21(29)30)28-22(31)32-11-16-14-7-3-1-5-12(14)13-6-2-4-8-15(13)16/h1-10,16H,11H2,(H,28,31)(H,29,30). The second-order valence-electron chi connectivity index (χ2n) is 7.10. The quantitative estimate of drug-likeness (QED) is 0.471. The molecule has 0 aromatic heterocycles. The largest absolute Gasteiger partial charge is 0.573 e. The number of amides is 1. The Labute approximate surface area is 184 Å². The Balaban J connectivity index is 1.58. The molecule has 0 aliphatic heterocycles. The summed E-state index contributed by atoms with van der Waals surface area (Å²) in [5.74, 6) is -4.68. The fourth-order valence-electron chi connectivity index (χ4n) is 3.84. The van der Waals surface area contributed by atoms with Crippen LogP contribution in [0, 0.1) is 5.82 Å². The van der Waals surface area contributed by atoms with Gasteiger partial charge in [0.2, 0.25) is 0 Å². The Bertz CT molecular complexity index is 1200. The summed E-state index contributed by atoms with van der Waals surface area (Å²) in [6.45, 7) is -0.187. The highest BCUT2D eigenvalue weighted by Gasteiger charge is 2.35. The van der Waals surface area contributed by atoms with E-state index in [0.717, 1.165) is 22.3 Å². The summed E-state index contributed by atoms with van der Waals surface area (Å²) in [5.41, 5.74) is 1.51. The number of fused-ring (bicyclic) bond motifs is 3. The normalized spacial score (nSPS) is 12.6. The third-order valence-corrected chi connectivity index (χ3v) is 5.13. The average molecular weight is 461 g/mol. The van der Waals surface area contributed by atoms with Crippen molar-refractivity contribution in [2.75, 3.05) is 11.9 Å². The third-order valence-electron chi connectivity index (χ3n) is 5.13. The number of benzene rings is 3. The van der Waals surface area contributed by atoms with Crippen LogP contribution in [0.5, 0.6) is 5.75 Å². The van der Waals surface area contributed by atoms with E-state index in [0.29, 0.717) is 12.1 Å². The molecule has 0 unspecified atom stereocenters. The van der Waals surface area contributed by atoms with Crippen molar-refractivity contribution >= 4 is 17.7 Å². The maximum Gasteiger partial charge on any atom is 0.573 e. The van der Waals surface area contributed by atoms with Crippen LogP contribution in [-0.2, 0) is 4.74 Å². The van der Waals surface area contributed by atoms with Gasteiger partial charge in [0.05, 0.1) is 0 Å². The smallest absolute Gasteiger partial charge is 0.478 e. The molecule has 4 rings (SSSR count).